The molecular weight excluding hydrogens is 168 g/mol. The average Bonchev–Trinajstić information content (AvgIpc) is 2.30. The highest BCUT2D eigenvalue weighted by molar-refractivity contribution is 5.77. The van der Waals surface area contributed by atoms with Crippen molar-refractivity contribution in [2.24, 2.45) is 0 Å². The van der Waals surface area contributed by atoms with Crippen LogP contribution in [0.5, 0.6) is 0 Å². The Hall–Kier alpha value is -0.610. The number of carbonyl (C=O) groups is 1. The molecule has 0 aromatic heterocycles. The fourth-order valence-corrected chi connectivity index (χ4v) is 1.51. The minimum Gasteiger partial charge on any atom is -0.375 e. The van der Waals surface area contributed by atoms with E-state index in [9.17, 15) is 4.79 Å². The zero-order valence-electron chi connectivity index (χ0n) is 8.45. The Labute approximate surface area is 79.4 Å². The van der Waals surface area contributed by atoms with Crippen LogP contribution in [-0.2, 0) is 9.53 Å². The normalized spacial score (nSPS) is 20.0. The highest BCUT2D eigenvalue weighted by Gasteiger charge is 2.16. The van der Waals surface area contributed by atoms with Crippen LogP contribution in [0.25, 0.3) is 0 Å². The van der Waals surface area contributed by atoms with Gasteiger partial charge >= 0.3 is 0 Å². The van der Waals surface area contributed by atoms with Gasteiger partial charge in [-0.2, -0.15) is 0 Å². The summed E-state index contributed by atoms with van der Waals surface area (Å²) in [5.74, 6) is 0.109. The third-order valence-electron chi connectivity index (χ3n) is 2.34. The first kappa shape index (κ1) is 10.5. The van der Waals surface area contributed by atoms with E-state index in [0.29, 0.717) is 0 Å². The molecule has 1 rings (SSSR count). The van der Waals surface area contributed by atoms with Gasteiger partial charge in [0.05, 0.1) is 0 Å². The monoisotopic (exact) mass is 186 g/mol. The van der Waals surface area contributed by atoms with Crippen molar-refractivity contribution in [1.82, 2.24) is 9.80 Å². The molecule has 13 heavy (non-hydrogen) atoms. The Kier molecular flexibility index (Phi) is 4.18. The SMILES string of the molecule is COCC(=O)N1CCCN(C)CC1. The predicted molar refractivity (Wildman–Crippen MR) is 50.6 cm³/mol. The molecule has 0 radical (unpaired) electrons. The number of hydrogen-bond acceptors (Lipinski definition) is 3. The summed E-state index contributed by atoms with van der Waals surface area (Å²) < 4.78 is 4.82. The van der Waals surface area contributed by atoms with Crippen molar-refractivity contribution in [3.63, 3.8) is 0 Å². The minimum absolute atomic E-state index is 0.109. The quantitative estimate of drug-likeness (QED) is 0.598. The number of methoxy groups -OCH3 is 1. The number of ether oxygens (including phenoxy) is 1. The lowest BCUT2D eigenvalue weighted by Crippen LogP contribution is -2.36. The molecule has 1 heterocycles. The molecule has 76 valence electrons. The molecule has 0 N–H and O–H groups in total. The van der Waals surface area contributed by atoms with Crippen molar-refractivity contribution >= 4 is 5.91 Å². The molecule has 0 aromatic rings. The number of carbonyl (C=O) groups excluding carboxylic acids is 1. The van der Waals surface area contributed by atoms with Gasteiger partial charge in [0.1, 0.15) is 6.61 Å². The summed E-state index contributed by atoms with van der Waals surface area (Å²) in [7, 11) is 3.64. The van der Waals surface area contributed by atoms with Crippen LogP contribution in [0.4, 0.5) is 0 Å². The number of amides is 1. The van der Waals surface area contributed by atoms with E-state index in [1.807, 2.05) is 4.90 Å². The first-order valence-electron chi connectivity index (χ1n) is 4.69. The summed E-state index contributed by atoms with van der Waals surface area (Å²) in [6.07, 6.45) is 1.06. The largest absolute Gasteiger partial charge is 0.375 e. The Balaban J connectivity index is 2.37. The van der Waals surface area contributed by atoms with Gasteiger partial charge in [-0.3, -0.25) is 4.79 Å². The predicted octanol–water partition coefficient (Wildman–Crippen LogP) is -0.203. The molecule has 0 unspecified atom stereocenters. The molecule has 0 atom stereocenters. The summed E-state index contributed by atoms with van der Waals surface area (Å²) in [5.41, 5.74) is 0. The maximum Gasteiger partial charge on any atom is 0.248 e. The van der Waals surface area contributed by atoms with E-state index in [1.54, 1.807) is 7.11 Å². The molecule has 1 fully saturated rings. The van der Waals surface area contributed by atoms with E-state index < -0.39 is 0 Å². The second-order valence-corrected chi connectivity index (χ2v) is 3.47. The topological polar surface area (TPSA) is 32.8 Å². The van der Waals surface area contributed by atoms with Gasteiger partial charge < -0.3 is 14.5 Å². The summed E-state index contributed by atoms with van der Waals surface area (Å²) in [4.78, 5) is 15.6. The van der Waals surface area contributed by atoms with Crippen molar-refractivity contribution in [3.05, 3.63) is 0 Å². The molecule has 1 saturated heterocycles. The van der Waals surface area contributed by atoms with Crippen LogP contribution in [-0.4, -0.2) is 62.7 Å². The Bertz CT molecular complexity index is 173. The lowest BCUT2D eigenvalue weighted by molar-refractivity contribution is -0.134. The molecular formula is C9H18N2O2. The molecule has 4 heteroatoms. The van der Waals surface area contributed by atoms with Gasteiger partial charge in [0.2, 0.25) is 5.91 Å². The van der Waals surface area contributed by atoms with Crippen LogP contribution >= 0.6 is 0 Å². The fourth-order valence-electron chi connectivity index (χ4n) is 1.51. The zero-order valence-corrected chi connectivity index (χ0v) is 8.45. The van der Waals surface area contributed by atoms with E-state index in [2.05, 4.69) is 11.9 Å². The van der Waals surface area contributed by atoms with Gasteiger partial charge in [-0.15, -0.1) is 0 Å². The second kappa shape index (κ2) is 5.19. The summed E-state index contributed by atoms with van der Waals surface area (Å²) in [6.45, 7) is 3.96. The third kappa shape index (κ3) is 3.32. The van der Waals surface area contributed by atoms with Gasteiger partial charge in [0.15, 0.2) is 0 Å². The molecule has 1 aliphatic heterocycles. The average molecular weight is 186 g/mol. The van der Waals surface area contributed by atoms with Crippen LogP contribution in [0.3, 0.4) is 0 Å². The Morgan fingerprint density at radius 1 is 1.31 bits per heavy atom. The van der Waals surface area contributed by atoms with Gasteiger partial charge in [-0.1, -0.05) is 0 Å². The third-order valence-corrected chi connectivity index (χ3v) is 2.34. The van der Waals surface area contributed by atoms with Gasteiger partial charge in [0.25, 0.3) is 0 Å². The summed E-state index contributed by atoms with van der Waals surface area (Å²) in [5, 5.41) is 0. The number of rotatable bonds is 2. The van der Waals surface area contributed by atoms with Crippen LogP contribution in [0.2, 0.25) is 0 Å². The molecule has 0 spiro atoms. The highest BCUT2D eigenvalue weighted by atomic mass is 16.5. The standard InChI is InChI=1S/C9H18N2O2/c1-10-4-3-5-11(7-6-10)9(12)8-13-2/h3-8H2,1-2H3. The highest BCUT2D eigenvalue weighted by Crippen LogP contribution is 2.01. The van der Waals surface area contributed by atoms with Crippen LogP contribution < -0.4 is 0 Å². The number of nitrogens with zero attached hydrogens (tertiary/aromatic N) is 2. The van der Waals surface area contributed by atoms with Crippen molar-refractivity contribution < 1.29 is 9.53 Å². The second-order valence-electron chi connectivity index (χ2n) is 3.47. The molecule has 4 nitrogen and oxygen atoms in total. The number of likely N-dealkylation sites (N-methyl/N-ethyl adjacent to an activating group) is 1. The summed E-state index contributed by atoms with van der Waals surface area (Å²) in [6, 6.07) is 0. The van der Waals surface area contributed by atoms with Gasteiger partial charge in [-0.25, -0.2) is 0 Å². The van der Waals surface area contributed by atoms with Gasteiger partial charge in [-0.05, 0) is 20.0 Å². The van der Waals surface area contributed by atoms with Crippen LogP contribution in [0.1, 0.15) is 6.42 Å². The van der Waals surface area contributed by atoms with Crippen LogP contribution in [0, 0.1) is 0 Å². The Morgan fingerprint density at radius 3 is 2.77 bits per heavy atom. The maximum absolute atomic E-state index is 11.4. The molecule has 0 saturated carbocycles. The Morgan fingerprint density at radius 2 is 2.08 bits per heavy atom. The molecule has 0 aromatic carbocycles. The molecule has 1 aliphatic rings. The summed E-state index contributed by atoms with van der Waals surface area (Å²) >= 11 is 0. The van der Waals surface area contributed by atoms with E-state index in [4.69, 9.17) is 4.74 Å². The van der Waals surface area contributed by atoms with Crippen molar-refractivity contribution in [2.45, 2.75) is 6.42 Å². The smallest absolute Gasteiger partial charge is 0.248 e. The van der Waals surface area contributed by atoms with Crippen LogP contribution in [0.15, 0.2) is 0 Å². The van der Waals surface area contributed by atoms with Crippen molar-refractivity contribution in [1.29, 1.82) is 0 Å². The molecule has 1 amide bonds. The van der Waals surface area contributed by atoms with Gasteiger partial charge in [0, 0.05) is 26.7 Å². The minimum atomic E-state index is 0.109. The first-order valence-corrected chi connectivity index (χ1v) is 4.69. The van der Waals surface area contributed by atoms with E-state index in [1.165, 1.54) is 0 Å². The van der Waals surface area contributed by atoms with Crippen molar-refractivity contribution in [2.75, 3.05) is 46.9 Å². The zero-order chi connectivity index (χ0) is 9.68. The fraction of sp³-hybridized carbons (Fsp3) is 0.889. The van der Waals surface area contributed by atoms with E-state index >= 15 is 0 Å². The van der Waals surface area contributed by atoms with E-state index in [-0.39, 0.29) is 12.5 Å². The maximum atomic E-state index is 11.4. The lowest BCUT2D eigenvalue weighted by Gasteiger charge is -2.19. The van der Waals surface area contributed by atoms with Crippen molar-refractivity contribution in [3.8, 4) is 0 Å². The van der Waals surface area contributed by atoms with E-state index in [0.717, 1.165) is 32.6 Å². The number of hydrogen-bond donors (Lipinski definition) is 0. The lowest BCUT2D eigenvalue weighted by atomic mass is 10.4. The molecule has 0 aliphatic carbocycles. The molecule has 0 bridgehead atoms. The first-order chi connectivity index (χ1) is 6.24.